The van der Waals surface area contributed by atoms with Gasteiger partial charge in [0.25, 0.3) is 0 Å². The van der Waals surface area contributed by atoms with Gasteiger partial charge in [0, 0.05) is 21.8 Å². The second-order valence-corrected chi connectivity index (χ2v) is 6.17. The summed E-state index contributed by atoms with van der Waals surface area (Å²) in [5.41, 5.74) is 0.369. The molecular weight excluding hydrogens is 386 g/mol. The van der Waals surface area contributed by atoms with Crippen molar-refractivity contribution >= 4 is 12.0 Å². The first kappa shape index (κ1) is 20.2. The molecule has 148 valence electrons. The van der Waals surface area contributed by atoms with Crippen molar-refractivity contribution in [3.8, 4) is 11.1 Å². The molecule has 1 aromatic heterocycles. The Morgan fingerprint density at radius 1 is 1.10 bits per heavy atom. The van der Waals surface area contributed by atoms with Crippen LogP contribution in [0.2, 0.25) is 0 Å². The highest BCUT2D eigenvalue weighted by Crippen LogP contribution is 2.31. The summed E-state index contributed by atoms with van der Waals surface area (Å²) in [6.45, 7) is 1.54. The Hall–Kier alpha value is -3.55. The molecule has 3 rings (SSSR count). The minimum Gasteiger partial charge on any atom is -0.854 e. The summed E-state index contributed by atoms with van der Waals surface area (Å²) in [4.78, 5) is 1.12. The van der Waals surface area contributed by atoms with Gasteiger partial charge in [-0.05, 0) is 47.9 Å². The monoisotopic (exact) mass is 401 g/mol. The van der Waals surface area contributed by atoms with Crippen molar-refractivity contribution in [2.75, 3.05) is 0 Å². The summed E-state index contributed by atoms with van der Waals surface area (Å²) in [6, 6.07) is 11.8. The lowest BCUT2D eigenvalue weighted by atomic mass is 10.0. The Labute approximate surface area is 164 Å². The largest absolute Gasteiger partial charge is 0.854 e. The number of nitrogens with zero attached hydrogens (tertiary/aromatic N) is 3. The van der Waals surface area contributed by atoms with E-state index in [1.807, 2.05) is 0 Å². The number of hydrogen-bond donors (Lipinski definition) is 0. The van der Waals surface area contributed by atoms with Crippen LogP contribution in [0.4, 0.5) is 17.6 Å². The maximum absolute atomic E-state index is 14.5. The van der Waals surface area contributed by atoms with Gasteiger partial charge < -0.3 is 5.11 Å². The van der Waals surface area contributed by atoms with Crippen molar-refractivity contribution in [2.45, 2.75) is 13.1 Å². The lowest BCUT2D eigenvalue weighted by Gasteiger charge is -2.10. The Balaban J connectivity index is 1.84. The molecule has 0 radical (unpaired) electrons. The highest BCUT2D eigenvalue weighted by atomic mass is 19.4. The maximum atomic E-state index is 14.5. The fourth-order valence-corrected chi connectivity index (χ4v) is 2.56. The molecular formula is C21H15F4N3O. The fourth-order valence-electron chi connectivity index (χ4n) is 2.56. The van der Waals surface area contributed by atoms with Gasteiger partial charge in [0.05, 0.1) is 22.4 Å². The van der Waals surface area contributed by atoms with Crippen LogP contribution < -0.4 is 9.90 Å². The minimum atomic E-state index is -4.45. The zero-order valence-electron chi connectivity index (χ0n) is 15.2. The number of rotatable bonds is 4. The zero-order chi connectivity index (χ0) is 21.0. The van der Waals surface area contributed by atoms with Gasteiger partial charge >= 0.3 is 6.18 Å². The molecule has 0 N–H and O–H groups in total. The van der Waals surface area contributed by atoms with Gasteiger partial charge in [-0.25, -0.2) is 4.39 Å². The summed E-state index contributed by atoms with van der Waals surface area (Å²) < 4.78 is 52.5. The molecule has 0 atom stereocenters. The molecule has 2 aromatic carbocycles. The van der Waals surface area contributed by atoms with Gasteiger partial charge in [0.1, 0.15) is 5.82 Å². The fraction of sp³-hybridized carbons (Fsp3) is 0.0952. The zero-order valence-corrected chi connectivity index (χ0v) is 15.2. The van der Waals surface area contributed by atoms with Gasteiger partial charge in [0.15, 0.2) is 0 Å². The van der Waals surface area contributed by atoms with Crippen molar-refractivity contribution in [3.05, 3.63) is 89.5 Å². The quantitative estimate of drug-likeness (QED) is 0.289. The summed E-state index contributed by atoms with van der Waals surface area (Å²) in [5.74, 6) is -1.16. The standard InChI is InChI=1S/C21H15F4N3O/c1-14(20(29)27-28-11-3-2-10-26-28)12-15-4-9-18(19(22)13-15)16-5-7-17(8-6-16)21(23,24)25/h2-13H,1H3/b14-12+. The van der Waals surface area contributed by atoms with Crippen LogP contribution in [0.15, 0.2) is 77.7 Å². The van der Waals surface area contributed by atoms with Crippen molar-refractivity contribution in [2.24, 2.45) is 5.10 Å². The number of benzene rings is 2. The first-order valence-corrected chi connectivity index (χ1v) is 8.49. The molecule has 8 heteroatoms. The highest BCUT2D eigenvalue weighted by molar-refractivity contribution is 5.93. The summed E-state index contributed by atoms with van der Waals surface area (Å²) in [7, 11) is 0. The van der Waals surface area contributed by atoms with E-state index in [9.17, 15) is 22.7 Å². The number of alkyl halides is 3. The average Bonchev–Trinajstić information content (AvgIpc) is 2.68. The lowest BCUT2D eigenvalue weighted by molar-refractivity contribution is -0.739. The Morgan fingerprint density at radius 3 is 2.41 bits per heavy atom. The van der Waals surface area contributed by atoms with E-state index in [1.165, 1.54) is 49.7 Å². The molecule has 0 aliphatic rings. The highest BCUT2D eigenvalue weighted by Gasteiger charge is 2.30. The summed E-state index contributed by atoms with van der Waals surface area (Å²) in [6.07, 6.45) is -0.00177. The molecule has 3 aromatic rings. The van der Waals surface area contributed by atoms with Crippen LogP contribution in [0.1, 0.15) is 18.1 Å². The Bertz CT molecular complexity index is 1060. The van der Waals surface area contributed by atoms with E-state index >= 15 is 0 Å². The summed E-state index contributed by atoms with van der Waals surface area (Å²) >= 11 is 0. The van der Waals surface area contributed by atoms with Crippen molar-refractivity contribution in [3.63, 3.8) is 0 Å². The van der Waals surface area contributed by atoms with Gasteiger partial charge in [-0.3, -0.25) is 0 Å². The molecule has 0 saturated carbocycles. The van der Waals surface area contributed by atoms with Gasteiger partial charge in [0.2, 0.25) is 6.20 Å². The van der Waals surface area contributed by atoms with Crippen LogP contribution in [-0.2, 0) is 6.18 Å². The SMILES string of the molecule is C/C(=C\c1ccc(-c2ccc(C(F)(F)F)cc2)c(F)c1)C([O-])=N[n+]1ccccn1. The van der Waals surface area contributed by atoms with E-state index < -0.39 is 23.5 Å². The maximum Gasteiger partial charge on any atom is 0.416 e. The van der Waals surface area contributed by atoms with Crippen LogP contribution in [0.5, 0.6) is 0 Å². The topological polar surface area (TPSA) is 52.2 Å². The third-order valence-corrected chi connectivity index (χ3v) is 4.03. The van der Waals surface area contributed by atoms with E-state index in [0.717, 1.165) is 16.9 Å². The molecule has 0 fully saturated rings. The van der Waals surface area contributed by atoms with Crippen LogP contribution >= 0.6 is 0 Å². The van der Waals surface area contributed by atoms with E-state index in [-0.39, 0.29) is 11.1 Å². The Kier molecular flexibility index (Phi) is 5.72. The molecule has 0 saturated heterocycles. The first-order chi connectivity index (χ1) is 13.7. The molecule has 29 heavy (non-hydrogen) atoms. The lowest BCUT2D eigenvalue weighted by Crippen LogP contribution is -2.36. The molecule has 0 unspecified atom stereocenters. The van der Waals surface area contributed by atoms with Crippen LogP contribution in [0, 0.1) is 5.82 Å². The van der Waals surface area contributed by atoms with Crippen molar-refractivity contribution < 1.29 is 27.5 Å². The van der Waals surface area contributed by atoms with Crippen molar-refractivity contribution in [1.29, 1.82) is 0 Å². The van der Waals surface area contributed by atoms with Gasteiger partial charge in [-0.15, -0.1) is 0 Å². The molecule has 0 aliphatic heterocycles. The Morgan fingerprint density at radius 2 is 1.83 bits per heavy atom. The number of halogens is 4. The molecule has 1 heterocycles. The minimum absolute atomic E-state index is 0.161. The van der Waals surface area contributed by atoms with Crippen LogP contribution in [0.25, 0.3) is 17.2 Å². The second kappa shape index (κ2) is 8.22. The first-order valence-electron chi connectivity index (χ1n) is 8.49. The van der Waals surface area contributed by atoms with E-state index in [4.69, 9.17) is 0 Å². The predicted molar refractivity (Wildman–Crippen MR) is 97.8 cm³/mol. The number of aromatic nitrogens is 2. The third kappa shape index (κ3) is 5.04. The van der Waals surface area contributed by atoms with E-state index in [0.29, 0.717) is 11.1 Å². The third-order valence-electron chi connectivity index (χ3n) is 4.03. The van der Waals surface area contributed by atoms with Crippen LogP contribution in [-0.4, -0.2) is 11.0 Å². The second-order valence-electron chi connectivity index (χ2n) is 6.17. The van der Waals surface area contributed by atoms with E-state index in [1.54, 1.807) is 18.2 Å². The van der Waals surface area contributed by atoms with Gasteiger partial charge in [-0.1, -0.05) is 30.3 Å². The van der Waals surface area contributed by atoms with Crippen molar-refractivity contribution in [1.82, 2.24) is 5.10 Å². The van der Waals surface area contributed by atoms with Gasteiger partial charge in [-0.2, -0.15) is 13.2 Å². The normalized spacial score (nSPS) is 12.9. The molecule has 0 spiro atoms. The van der Waals surface area contributed by atoms with E-state index in [2.05, 4.69) is 10.2 Å². The molecule has 0 aliphatic carbocycles. The average molecular weight is 401 g/mol. The predicted octanol–water partition coefficient (Wildman–Crippen LogP) is 3.82. The van der Waals surface area contributed by atoms with Crippen LogP contribution in [0.3, 0.4) is 0 Å². The smallest absolute Gasteiger partial charge is 0.416 e. The molecule has 0 amide bonds. The molecule has 0 bridgehead atoms. The number of hydrogen-bond acceptors (Lipinski definition) is 3. The summed E-state index contributed by atoms with van der Waals surface area (Å²) in [5, 5.41) is 19.8. The molecule has 4 nitrogen and oxygen atoms in total.